The van der Waals surface area contributed by atoms with E-state index in [2.05, 4.69) is 12.1 Å². The van der Waals surface area contributed by atoms with Gasteiger partial charge in [-0.3, -0.25) is 9.59 Å². The van der Waals surface area contributed by atoms with Gasteiger partial charge in [0.1, 0.15) is 6.10 Å². The minimum Gasteiger partial charge on any atom is -0.367 e. The van der Waals surface area contributed by atoms with Gasteiger partial charge in [-0.15, -0.1) is 0 Å². The van der Waals surface area contributed by atoms with Crippen molar-refractivity contribution in [1.82, 2.24) is 9.80 Å². The molecule has 2 aliphatic heterocycles. The molecule has 2 heterocycles. The Bertz CT molecular complexity index is 658. The summed E-state index contributed by atoms with van der Waals surface area (Å²) in [4.78, 5) is 29.4. The van der Waals surface area contributed by atoms with E-state index in [0.717, 1.165) is 37.8 Å². The summed E-state index contributed by atoms with van der Waals surface area (Å²) in [7, 11) is 0. The number of ether oxygens (including phenoxy) is 1. The maximum atomic E-state index is 13.2. The van der Waals surface area contributed by atoms with Crippen LogP contribution in [-0.4, -0.2) is 53.9 Å². The Morgan fingerprint density at radius 3 is 2.38 bits per heavy atom. The summed E-state index contributed by atoms with van der Waals surface area (Å²) in [5.41, 5.74) is 1.12. The lowest BCUT2D eigenvalue weighted by Gasteiger charge is -2.40. The molecule has 140 valence electrons. The number of nitrogens with zero attached hydrogens (tertiary/aromatic N) is 2. The number of carbonyl (C=O) groups excluding carboxylic acids is 2. The second-order valence-electron chi connectivity index (χ2n) is 7.99. The number of amides is 2. The third kappa shape index (κ3) is 3.78. The number of likely N-dealkylation sites (tertiary alicyclic amines) is 1. The van der Waals surface area contributed by atoms with Crippen molar-refractivity contribution in [3.8, 4) is 0 Å². The maximum Gasteiger partial charge on any atom is 0.227 e. The number of piperidine rings is 1. The predicted octanol–water partition coefficient (Wildman–Crippen LogP) is 2.62. The molecule has 3 fully saturated rings. The minimum atomic E-state index is -0.0725. The molecule has 3 unspecified atom stereocenters. The molecule has 1 aromatic rings. The molecule has 0 N–H and O–H groups in total. The van der Waals surface area contributed by atoms with E-state index in [4.69, 9.17) is 4.74 Å². The van der Waals surface area contributed by atoms with Crippen LogP contribution in [0, 0.1) is 11.8 Å². The van der Waals surface area contributed by atoms with Crippen LogP contribution in [0.2, 0.25) is 0 Å². The fourth-order valence-corrected chi connectivity index (χ4v) is 4.21. The molecule has 5 heteroatoms. The molecule has 3 atom stereocenters. The van der Waals surface area contributed by atoms with Gasteiger partial charge >= 0.3 is 0 Å². The maximum absolute atomic E-state index is 13.2. The van der Waals surface area contributed by atoms with Crippen molar-refractivity contribution in [2.24, 2.45) is 11.8 Å². The normalized spacial score (nSPS) is 29.5. The molecule has 3 aliphatic rings. The van der Waals surface area contributed by atoms with Crippen molar-refractivity contribution in [3.63, 3.8) is 0 Å². The fraction of sp³-hybridized carbons (Fsp3) is 0.619. The first kappa shape index (κ1) is 17.5. The Morgan fingerprint density at radius 2 is 1.65 bits per heavy atom. The van der Waals surface area contributed by atoms with Gasteiger partial charge in [0.25, 0.3) is 0 Å². The van der Waals surface area contributed by atoms with E-state index in [1.54, 1.807) is 0 Å². The van der Waals surface area contributed by atoms with Crippen molar-refractivity contribution < 1.29 is 14.3 Å². The topological polar surface area (TPSA) is 49.9 Å². The van der Waals surface area contributed by atoms with Crippen LogP contribution < -0.4 is 0 Å². The first-order chi connectivity index (χ1) is 12.6. The van der Waals surface area contributed by atoms with Gasteiger partial charge in [0, 0.05) is 25.6 Å². The third-order valence-corrected chi connectivity index (χ3v) is 5.75. The van der Waals surface area contributed by atoms with E-state index < -0.39 is 0 Å². The van der Waals surface area contributed by atoms with Gasteiger partial charge in [-0.05, 0) is 38.2 Å². The largest absolute Gasteiger partial charge is 0.367 e. The molecular weight excluding hydrogens is 328 g/mol. The van der Waals surface area contributed by atoms with Gasteiger partial charge < -0.3 is 14.5 Å². The van der Waals surface area contributed by atoms with Crippen LogP contribution in [0.4, 0.5) is 0 Å². The summed E-state index contributed by atoms with van der Waals surface area (Å²) in [6.07, 6.45) is 3.80. The van der Waals surface area contributed by atoms with Gasteiger partial charge in [-0.2, -0.15) is 0 Å². The molecule has 2 amide bonds. The highest BCUT2D eigenvalue weighted by atomic mass is 16.5. The zero-order chi connectivity index (χ0) is 18.1. The first-order valence-electron chi connectivity index (χ1n) is 9.90. The second kappa shape index (κ2) is 7.39. The van der Waals surface area contributed by atoms with Crippen LogP contribution in [0.3, 0.4) is 0 Å². The molecule has 4 rings (SSSR count). The van der Waals surface area contributed by atoms with Gasteiger partial charge in [0.2, 0.25) is 11.8 Å². The highest BCUT2D eigenvalue weighted by molar-refractivity contribution is 5.83. The SMILES string of the molecule is CC1CN(C(=O)C2CCCN(C(=O)C3CC3)C2)CC(c2ccccc2)O1. The average Bonchev–Trinajstić information content (AvgIpc) is 3.52. The fourth-order valence-electron chi connectivity index (χ4n) is 4.21. The van der Waals surface area contributed by atoms with Gasteiger partial charge in [0.05, 0.1) is 18.6 Å². The molecule has 0 radical (unpaired) electrons. The van der Waals surface area contributed by atoms with Crippen LogP contribution in [-0.2, 0) is 14.3 Å². The molecule has 26 heavy (non-hydrogen) atoms. The number of hydrogen-bond donors (Lipinski definition) is 0. The molecular formula is C21H28N2O3. The Hall–Kier alpha value is -1.88. The number of hydrogen-bond acceptors (Lipinski definition) is 3. The smallest absolute Gasteiger partial charge is 0.227 e. The van der Waals surface area contributed by atoms with Crippen molar-refractivity contribution in [2.45, 2.75) is 44.8 Å². The van der Waals surface area contributed by atoms with Crippen LogP contribution in [0.25, 0.3) is 0 Å². The van der Waals surface area contributed by atoms with Gasteiger partial charge in [-0.1, -0.05) is 30.3 Å². The monoisotopic (exact) mass is 356 g/mol. The van der Waals surface area contributed by atoms with E-state index in [9.17, 15) is 9.59 Å². The Balaban J connectivity index is 1.42. The molecule has 5 nitrogen and oxygen atoms in total. The van der Waals surface area contributed by atoms with Crippen LogP contribution in [0.5, 0.6) is 0 Å². The van der Waals surface area contributed by atoms with E-state index in [-0.39, 0.29) is 35.9 Å². The lowest BCUT2D eigenvalue weighted by Crippen LogP contribution is -2.51. The van der Waals surface area contributed by atoms with Crippen LogP contribution >= 0.6 is 0 Å². The average molecular weight is 356 g/mol. The second-order valence-corrected chi connectivity index (χ2v) is 7.99. The molecule has 1 saturated carbocycles. The van der Waals surface area contributed by atoms with Crippen molar-refractivity contribution >= 4 is 11.8 Å². The zero-order valence-corrected chi connectivity index (χ0v) is 15.5. The first-order valence-corrected chi connectivity index (χ1v) is 9.90. The summed E-state index contributed by atoms with van der Waals surface area (Å²) < 4.78 is 6.08. The Kier molecular flexibility index (Phi) is 4.98. The van der Waals surface area contributed by atoms with Crippen LogP contribution in [0.1, 0.15) is 44.3 Å². The van der Waals surface area contributed by atoms with Gasteiger partial charge in [0.15, 0.2) is 0 Å². The molecule has 1 aliphatic carbocycles. The lowest BCUT2D eigenvalue weighted by molar-refractivity contribution is -0.152. The molecule has 0 aromatic heterocycles. The number of benzene rings is 1. The number of rotatable bonds is 3. The highest BCUT2D eigenvalue weighted by Gasteiger charge is 2.39. The van der Waals surface area contributed by atoms with E-state index in [1.807, 2.05) is 34.9 Å². The molecule has 0 bridgehead atoms. The zero-order valence-electron chi connectivity index (χ0n) is 15.5. The van der Waals surface area contributed by atoms with E-state index in [0.29, 0.717) is 19.6 Å². The predicted molar refractivity (Wildman–Crippen MR) is 98.3 cm³/mol. The van der Waals surface area contributed by atoms with Crippen molar-refractivity contribution in [1.29, 1.82) is 0 Å². The third-order valence-electron chi connectivity index (χ3n) is 5.75. The van der Waals surface area contributed by atoms with E-state index in [1.165, 1.54) is 0 Å². The van der Waals surface area contributed by atoms with E-state index >= 15 is 0 Å². The summed E-state index contributed by atoms with van der Waals surface area (Å²) >= 11 is 0. The number of carbonyl (C=O) groups is 2. The summed E-state index contributed by atoms with van der Waals surface area (Å²) in [5.74, 6) is 0.622. The van der Waals surface area contributed by atoms with Gasteiger partial charge in [-0.25, -0.2) is 0 Å². The summed E-state index contributed by atoms with van der Waals surface area (Å²) in [6.45, 7) is 4.66. The quantitative estimate of drug-likeness (QED) is 0.837. The van der Waals surface area contributed by atoms with Crippen LogP contribution in [0.15, 0.2) is 30.3 Å². The summed E-state index contributed by atoms with van der Waals surface area (Å²) in [5, 5.41) is 0. The van der Waals surface area contributed by atoms with Crippen molar-refractivity contribution in [3.05, 3.63) is 35.9 Å². The molecule has 0 spiro atoms. The standard InChI is InChI=1S/C21H28N2O3/c1-15-12-23(14-19(26-15)16-6-3-2-4-7-16)21(25)18-8-5-11-22(13-18)20(24)17-9-10-17/h2-4,6-7,15,17-19H,5,8-14H2,1H3. The van der Waals surface area contributed by atoms with Crippen molar-refractivity contribution in [2.75, 3.05) is 26.2 Å². The Labute approximate surface area is 155 Å². The molecule has 2 saturated heterocycles. The number of morpholine rings is 1. The Morgan fingerprint density at radius 1 is 0.923 bits per heavy atom. The molecule has 1 aromatic carbocycles. The minimum absolute atomic E-state index is 0.0192. The lowest BCUT2D eigenvalue weighted by atomic mass is 9.95. The highest BCUT2D eigenvalue weighted by Crippen LogP contribution is 2.33. The summed E-state index contributed by atoms with van der Waals surface area (Å²) in [6, 6.07) is 10.1.